The zero-order chi connectivity index (χ0) is 17.9. The predicted molar refractivity (Wildman–Crippen MR) is 98.4 cm³/mol. The summed E-state index contributed by atoms with van der Waals surface area (Å²) in [7, 11) is 1.58. The van der Waals surface area contributed by atoms with Crippen LogP contribution in [0, 0.1) is 0 Å². The molecular weight excluding hydrogens is 330 g/mol. The fourth-order valence-electron chi connectivity index (χ4n) is 3.15. The van der Waals surface area contributed by atoms with Crippen LogP contribution in [-0.2, 0) is 0 Å². The molecule has 26 heavy (non-hydrogen) atoms. The van der Waals surface area contributed by atoms with E-state index in [4.69, 9.17) is 4.74 Å². The molecule has 3 aromatic rings. The molecule has 0 atom stereocenters. The number of aromatic nitrogens is 3. The summed E-state index contributed by atoms with van der Waals surface area (Å²) in [4.78, 5) is 29.8. The van der Waals surface area contributed by atoms with E-state index in [1.807, 2.05) is 35.2 Å². The maximum absolute atomic E-state index is 13.0. The number of carbonyl (C=O) groups excluding carboxylic acids is 1. The van der Waals surface area contributed by atoms with Gasteiger partial charge in [0.1, 0.15) is 5.69 Å². The summed E-state index contributed by atoms with van der Waals surface area (Å²) >= 11 is 0. The third-order valence-corrected chi connectivity index (χ3v) is 4.55. The Balaban J connectivity index is 1.50. The van der Waals surface area contributed by atoms with Gasteiger partial charge in [0.2, 0.25) is 11.8 Å². The molecule has 0 bridgehead atoms. The highest BCUT2D eigenvalue weighted by Gasteiger charge is 2.25. The average Bonchev–Trinajstić information content (AvgIpc) is 2.73. The van der Waals surface area contributed by atoms with Gasteiger partial charge in [0.05, 0.1) is 7.11 Å². The molecule has 0 spiro atoms. The number of methoxy groups -OCH3 is 1. The summed E-state index contributed by atoms with van der Waals surface area (Å²) in [6.07, 6.45) is 3.37. The normalized spacial score (nSPS) is 14.5. The first-order valence-electron chi connectivity index (χ1n) is 8.51. The molecule has 2 aromatic heterocycles. The van der Waals surface area contributed by atoms with Gasteiger partial charge >= 0.3 is 0 Å². The SMILES string of the molecule is COc1ccnc(N2CCN(C(=O)c3nccc4ccccc34)CC2)n1. The van der Waals surface area contributed by atoms with Crippen molar-refractivity contribution in [3.63, 3.8) is 0 Å². The summed E-state index contributed by atoms with van der Waals surface area (Å²) in [5.41, 5.74) is 0.509. The number of pyridine rings is 1. The lowest BCUT2D eigenvalue weighted by atomic mass is 10.1. The second-order valence-electron chi connectivity index (χ2n) is 6.06. The summed E-state index contributed by atoms with van der Waals surface area (Å²) in [5, 5.41) is 1.91. The van der Waals surface area contributed by atoms with Crippen molar-refractivity contribution in [2.45, 2.75) is 0 Å². The van der Waals surface area contributed by atoms with Gasteiger partial charge in [0.25, 0.3) is 5.91 Å². The number of rotatable bonds is 3. The van der Waals surface area contributed by atoms with E-state index in [-0.39, 0.29) is 5.91 Å². The highest BCUT2D eigenvalue weighted by molar-refractivity contribution is 6.05. The molecule has 1 aliphatic rings. The number of benzene rings is 1. The van der Waals surface area contributed by atoms with Crippen molar-refractivity contribution in [2.75, 3.05) is 38.2 Å². The molecule has 1 saturated heterocycles. The third-order valence-electron chi connectivity index (χ3n) is 4.55. The van der Waals surface area contributed by atoms with E-state index in [9.17, 15) is 4.79 Å². The first-order chi connectivity index (χ1) is 12.8. The molecule has 1 fully saturated rings. The van der Waals surface area contributed by atoms with Gasteiger partial charge < -0.3 is 14.5 Å². The van der Waals surface area contributed by atoms with Crippen LogP contribution in [0.4, 0.5) is 5.95 Å². The molecule has 0 unspecified atom stereocenters. The smallest absolute Gasteiger partial charge is 0.273 e. The Morgan fingerprint density at radius 3 is 2.58 bits per heavy atom. The highest BCUT2D eigenvalue weighted by atomic mass is 16.5. The zero-order valence-corrected chi connectivity index (χ0v) is 14.5. The van der Waals surface area contributed by atoms with E-state index in [1.54, 1.807) is 25.6 Å². The van der Waals surface area contributed by atoms with Crippen LogP contribution in [-0.4, -0.2) is 59.0 Å². The second-order valence-corrected chi connectivity index (χ2v) is 6.06. The molecule has 0 N–H and O–H groups in total. The Morgan fingerprint density at radius 1 is 1.00 bits per heavy atom. The lowest BCUT2D eigenvalue weighted by Gasteiger charge is -2.34. The Kier molecular flexibility index (Phi) is 4.35. The molecule has 1 aromatic carbocycles. The van der Waals surface area contributed by atoms with Crippen LogP contribution in [0.2, 0.25) is 0 Å². The average molecular weight is 349 g/mol. The van der Waals surface area contributed by atoms with E-state index in [0.717, 1.165) is 10.8 Å². The van der Waals surface area contributed by atoms with Crippen LogP contribution < -0.4 is 9.64 Å². The molecule has 7 heteroatoms. The minimum absolute atomic E-state index is 0.0342. The van der Waals surface area contributed by atoms with Gasteiger partial charge in [-0.3, -0.25) is 9.78 Å². The molecule has 132 valence electrons. The topological polar surface area (TPSA) is 71.5 Å². The Hall–Kier alpha value is -3.22. The Labute approximate surface area is 151 Å². The van der Waals surface area contributed by atoms with Gasteiger partial charge in [-0.05, 0) is 11.5 Å². The van der Waals surface area contributed by atoms with Gasteiger partial charge in [-0.15, -0.1) is 0 Å². The van der Waals surface area contributed by atoms with Gasteiger partial charge in [-0.1, -0.05) is 24.3 Å². The summed E-state index contributed by atoms with van der Waals surface area (Å²) in [6.45, 7) is 2.54. The van der Waals surface area contributed by atoms with Gasteiger partial charge in [-0.25, -0.2) is 4.98 Å². The van der Waals surface area contributed by atoms with Crippen LogP contribution in [0.3, 0.4) is 0 Å². The number of nitrogens with zero attached hydrogens (tertiary/aromatic N) is 5. The highest BCUT2D eigenvalue weighted by Crippen LogP contribution is 2.20. The fourth-order valence-corrected chi connectivity index (χ4v) is 3.15. The third kappa shape index (κ3) is 3.03. The van der Waals surface area contributed by atoms with Crippen LogP contribution in [0.1, 0.15) is 10.5 Å². The van der Waals surface area contributed by atoms with Crippen molar-refractivity contribution in [2.24, 2.45) is 0 Å². The van der Waals surface area contributed by atoms with E-state index in [0.29, 0.717) is 43.7 Å². The van der Waals surface area contributed by atoms with E-state index in [1.165, 1.54) is 0 Å². The molecule has 7 nitrogen and oxygen atoms in total. The number of ether oxygens (including phenoxy) is 1. The molecule has 1 amide bonds. The number of hydrogen-bond acceptors (Lipinski definition) is 6. The van der Waals surface area contributed by atoms with Crippen molar-refractivity contribution in [3.8, 4) is 5.88 Å². The van der Waals surface area contributed by atoms with Crippen LogP contribution in [0.15, 0.2) is 48.8 Å². The Morgan fingerprint density at radius 2 is 1.77 bits per heavy atom. The molecule has 3 heterocycles. The summed E-state index contributed by atoms with van der Waals surface area (Å²) in [5.74, 6) is 1.13. The molecule has 1 aliphatic heterocycles. The van der Waals surface area contributed by atoms with E-state index >= 15 is 0 Å². The fraction of sp³-hybridized carbons (Fsp3) is 0.263. The maximum atomic E-state index is 13.0. The lowest BCUT2D eigenvalue weighted by molar-refractivity contribution is 0.0742. The largest absolute Gasteiger partial charge is 0.481 e. The molecule has 4 rings (SSSR count). The first-order valence-corrected chi connectivity index (χ1v) is 8.51. The van der Waals surface area contributed by atoms with Crippen molar-refractivity contribution >= 4 is 22.6 Å². The van der Waals surface area contributed by atoms with Crippen LogP contribution in [0.25, 0.3) is 10.8 Å². The maximum Gasteiger partial charge on any atom is 0.273 e. The number of carbonyl (C=O) groups is 1. The van der Waals surface area contributed by atoms with Crippen molar-refractivity contribution in [3.05, 3.63) is 54.5 Å². The Bertz CT molecular complexity index is 933. The van der Waals surface area contributed by atoms with Crippen molar-refractivity contribution in [1.82, 2.24) is 19.9 Å². The quantitative estimate of drug-likeness (QED) is 0.720. The predicted octanol–water partition coefficient (Wildman–Crippen LogP) is 2.00. The minimum Gasteiger partial charge on any atom is -0.481 e. The molecule has 0 saturated carbocycles. The molecule has 0 radical (unpaired) electrons. The molecule has 0 aliphatic carbocycles. The second kappa shape index (κ2) is 6.95. The number of fused-ring (bicyclic) bond motifs is 1. The standard InChI is InChI=1S/C19H19N5O2/c1-26-16-7-9-21-19(22-16)24-12-10-23(11-13-24)18(25)17-15-5-3-2-4-14(15)6-8-20-17/h2-9H,10-13H2,1H3. The van der Waals surface area contributed by atoms with Gasteiger partial charge in [0.15, 0.2) is 0 Å². The van der Waals surface area contributed by atoms with Crippen LogP contribution in [0.5, 0.6) is 5.88 Å². The van der Waals surface area contributed by atoms with Crippen LogP contribution >= 0.6 is 0 Å². The first kappa shape index (κ1) is 16.3. The number of anilines is 1. The van der Waals surface area contributed by atoms with Gasteiger partial charge in [-0.2, -0.15) is 4.98 Å². The van der Waals surface area contributed by atoms with Gasteiger partial charge in [0, 0.05) is 50.0 Å². The zero-order valence-electron chi connectivity index (χ0n) is 14.5. The summed E-state index contributed by atoms with van der Waals surface area (Å²) in [6, 6.07) is 11.5. The van der Waals surface area contributed by atoms with E-state index in [2.05, 4.69) is 19.9 Å². The van der Waals surface area contributed by atoms with Crippen molar-refractivity contribution in [1.29, 1.82) is 0 Å². The number of amides is 1. The van der Waals surface area contributed by atoms with Crippen molar-refractivity contribution < 1.29 is 9.53 Å². The number of hydrogen-bond donors (Lipinski definition) is 0. The summed E-state index contributed by atoms with van der Waals surface area (Å²) < 4.78 is 5.15. The molecular formula is C19H19N5O2. The lowest BCUT2D eigenvalue weighted by Crippen LogP contribution is -2.49. The number of piperazine rings is 1. The monoisotopic (exact) mass is 349 g/mol. The minimum atomic E-state index is -0.0342. The van der Waals surface area contributed by atoms with E-state index < -0.39 is 0 Å².